The molecule has 0 spiro atoms. The van der Waals surface area contributed by atoms with Crippen LogP contribution in [0.5, 0.6) is 11.5 Å². The third-order valence-electron chi connectivity index (χ3n) is 4.56. The average molecular weight is 372 g/mol. The van der Waals surface area contributed by atoms with Crippen molar-refractivity contribution in [1.82, 2.24) is 4.90 Å². The molecule has 0 aromatic heterocycles. The number of anilines is 1. The molecule has 2 amide bonds. The first-order valence-corrected chi connectivity index (χ1v) is 8.78. The number of benzene rings is 2. The molecule has 1 heterocycles. The van der Waals surface area contributed by atoms with E-state index in [9.17, 15) is 19.1 Å². The van der Waals surface area contributed by atoms with E-state index in [0.717, 1.165) is 0 Å². The van der Waals surface area contributed by atoms with Crippen molar-refractivity contribution in [1.29, 1.82) is 0 Å². The Morgan fingerprint density at radius 1 is 1.11 bits per heavy atom. The molecule has 27 heavy (non-hydrogen) atoms. The van der Waals surface area contributed by atoms with Gasteiger partial charge >= 0.3 is 0 Å². The topological polar surface area (TPSA) is 78.9 Å². The molecule has 1 fully saturated rings. The summed E-state index contributed by atoms with van der Waals surface area (Å²) in [6.07, 6.45) is 1.09. The summed E-state index contributed by atoms with van der Waals surface area (Å²) in [7, 11) is 0. The standard InChI is InChI=1S/C20H21FN2O4/c21-15-5-7-16(8-6-15)27-13-19(25)23-11-9-14(10-12-23)20(26)22-17-3-1-2-4-18(17)24/h1-8,14,24H,9-13H2,(H,22,26). The molecule has 0 unspecified atom stereocenters. The number of nitrogens with one attached hydrogen (secondary N) is 1. The number of halogens is 1. The fourth-order valence-electron chi connectivity index (χ4n) is 2.97. The van der Waals surface area contributed by atoms with Gasteiger partial charge in [0.1, 0.15) is 17.3 Å². The molecule has 0 radical (unpaired) electrons. The van der Waals surface area contributed by atoms with Gasteiger partial charge in [-0.2, -0.15) is 0 Å². The van der Waals surface area contributed by atoms with Gasteiger partial charge < -0.3 is 20.1 Å². The first-order valence-electron chi connectivity index (χ1n) is 8.78. The van der Waals surface area contributed by atoms with Crippen LogP contribution in [-0.4, -0.2) is 41.5 Å². The third kappa shape index (κ3) is 4.97. The van der Waals surface area contributed by atoms with Crippen LogP contribution >= 0.6 is 0 Å². The van der Waals surface area contributed by atoms with Crippen LogP contribution in [0.3, 0.4) is 0 Å². The molecular weight excluding hydrogens is 351 g/mol. The van der Waals surface area contributed by atoms with Crippen molar-refractivity contribution in [2.24, 2.45) is 5.92 Å². The van der Waals surface area contributed by atoms with Crippen LogP contribution in [0.1, 0.15) is 12.8 Å². The lowest BCUT2D eigenvalue weighted by molar-refractivity contribution is -0.136. The maximum Gasteiger partial charge on any atom is 0.260 e. The summed E-state index contributed by atoms with van der Waals surface area (Å²) in [5.41, 5.74) is 0.383. The number of nitrogens with zero attached hydrogens (tertiary/aromatic N) is 1. The van der Waals surface area contributed by atoms with E-state index in [4.69, 9.17) is 4.74 Å². The van der Waals surface area contributed by atoms with E-state index >= 15 is 0 Å². The second kappa shape index (κ2) is 8.53. The lowest BCUT2D eigenvalue weighted by Crippen LogP contribution is -2.43. The van der Waals surface area contributed by atoms with Crippen LogP contribution in [0.25, 0.3) is 0 Å². The molecule has 1 saturated heterocycles. The van der Waals surface area contributed by atoms with E-state index in [2.05, 4.69) is 5.32 Å². The van der Waals surface area contributed by atoms with Crippen molar-refractivity contribution < 1.29 is 23.8 Å². The van der Waals surface area contributed by atoms with Crippen molar-refractivity contribution >= 4 is 17.5 Å². The second-order valence-corrected chi connectivity index (χ2v) is 6.40. The van der Waals surface area contributed by atoms with Gasteiger partial charge in [0.2, 0.25) is 5.91 Å². The predicted molar refractivity (Wildman–Crippen MR) is 97.9 cm³/mol. The summed E-state index contributed by atoms with van der Waals surface area (Å²) in [5, 5.41) is 12.5. The van der Waals surface area contributed by atoms with Gasteiger partial charge in [-0.15, -0.1) is 0 Å². The molecule has 0 aliphatic carbocycles. The van der Waals surface area contributed by atoms with Crippen molar-refractivity contribution in [2.45, 2.75) is 12.8 Å². The number of amides is 2. The van der Waals surface area contributed by atoms with E-state index in [0.29, 0.717) is 37.4 Å². The molecular formula is C20H21FN2O4. The number of phenols is 1. The van der Waals surface area contributed by atoms with Gasteiger partial charge in [0, 0.05) is 19.0 Å². The Hall–Kier alpha value is -3.09. The molecule has 1 aliphatic rings. The van der Waals surface area contributed by atoms with Crippen LogP contribution in [-0.2, 0) is 9.59 Å². The first kappa shape index (κ1) is 18.7. The lowest BCUT2D eigenvalue weighted by Gasteiger charge is -2.31. The molecule has 1 aliphatic heterocycles. The zero-order valence-electron chi connectivity index (χ0n) is 14.7. The summed E-state index contributed by atoms with van der Waals surface area (Å²) in [4.78, 5) is 26.3. The van der Waals surface area contributed by atoms with Crippen molar-refractivity contribution in [3.8, 4) is 11.5 Å². The minimum Gasteiger partial charge on any atom is -0.506 e. The molecule has 2 aromatic carbocycles. The summed E-state index contributed by atoms with van der Waals surface area (Å²) in [6, 6.07) is 12.1. The maximum atomic E-state index is 12.9. The Morgan fingerprint density at radius 3 is 2.44 bits per heavy atom. The van der Waals surface area contributed by atoms with E-state index in [1.54, 1.807) is 23.1 Å². The van der Waals surface area contributed by atoms with Crippen LogP contribution in [0.15, 0.2) is 48.5 Å². The maximum absolute atomic E-state index is 12.9. The quantitative estimate of drug-likeness (QED) is 0.791. The van der Waals surface area contributed by atoms with Gasteiger partial charge in [0.05, 0.1) is 5.69 Å². The molecule has 0 bridgehead atoms. The monoisotopic (exact) mass is 372 g/mol. The normalized spacial score (nSPS) is 14.6. The van der Waals surface area contributed by atoms with E-state index in [1.807, 2.05) is 0 Å². The van der Waals surface area contributed by atoms with Crippen molar-refractivity contribution in [2.75, 3.05) is 25.0 Å². The number of phenolic OH excluding ortho intramolecular Hbond substituents is 1. The Balaban J connectivity index is 1.45. The Labute approximate surface area is 156 Å². The van der Waals surface area contributed by atoms with E-state index in [1.165, 1.54) is 30.3 Å². The van der Waals surface area contributed by atoms with Gasteiger partial charge in [0.15, 0.2) is 6.61 Å². The highest BCUT2D eigenvalue weighted by Gasteiger charge is 2.27. The van der Waals surface area contributed by atoms with Crippen molar-refractivity contribution in [3.63, 3.8) is 0 Å². The van der Waals surface area contributed by atoms with Gasteiger partial charge in [-0.25, -0.2) is 4.39 Å². The molecule has 7 heteroatoms. The van der Waals surface area contributed by atoms with E-state index < -0.39 is 0 Å². The summed E-state index contributed by atoms with van der Waals surface area (Å²) in [6.45, 7) is 0.801. The average Bonchev–Trinajstić information content (AvgIpc) is 2.69. The summed E-state index contributed by atoms with van der Waals surface area (Å²) >= 11 is 0. The number of likely N-dealkylation sites (tertiary alicyclic amines) is 1. The van der Waals surface area contributed by atoms with Crippen LogP contribution in [0.4, 0.5) is 10.1 Å². The van der Waals surface area contributed by atoms with Crippen LogP contribution < -0.4 is 10.1 Å². The van der Waals surface area contributed by atoms with Gasteiger partial charge in [-0.1, -0.05) is 12.1 Å². The minimum absolute atomic E-state index is 0.0244. The Kier molecular flexibility index (Phi) is 5.90. The Bertz CT molecular complexity index is 802. The molecule has 6 nitrogen and oxygen atoms in total. The third-order valence-corrected chi connectivity index (χ3v) is 4.56. The number of carbonyl (C=O) groups is 2. The van der Waals surface area contributed by atoms with Gasteiger partial charge in [-0.3, -0.25) is 9.59 Å². The fraction of sp³-hybridized carbons (Fsp3) is 0.300. The van der Waals surface area contributed by atoms with Gasteiger partial charge in [0.25, 0.3) is 5.91 Å². The lowest BCUT2D eigenvalue weighted by atomic mass is 9.95. The molecule has 0 atom stereocenters. The molecule has 2 N–H and O–H groups in total. The summed E-state index contributed by atoms with van der Waals surface area (Å²) < 4.78 is 18.2. The molecule has 0 saturated carbocycles. The molecule has 142 valence electrons. The fourth-order valence-corrected chi connectivity index (χ4v) is 2.97. The summed E-state index contributed by atoms with van der Waals surface area (Å²) in [5.74, 6) is -0.451. The van der Waals surface area contributed by atoms with Crippen LogP contribution in [0.2, 0.25) is 0 Å². The number of para-hydroxylation sites is 2. The highest BCUT2D eigenvalue weighted by atomic mass is 19.1. The zero-order chi connectivity index (χ0) is 19.2. The minimum atomic E-state index is -0.363. The SMILES string of the molecule is O=C(Nc1ccccc1O)C1CCN(C(=O)COc2ccc(F)cc2)CC1. The number of carbonyl (C=O) groups excluding carboxylic acids is 2. The highest BCUT2D eigenvalue weighted by molar-refractivity contribution is 5.94. The van der Waals surface area contributed by atoms with E-state index in [-0.39, 0.29) is 35.9 Å². The van der Waals surface area contributed by atoms with Gasteiger partial charge in [-0.05, 0) is 49.2 Å². The smallest absolute Gasteiger partial charge is 0.260 e. The number of rotatable bonds is 5. The number of hydrogen-bond donors (Lipinski definition) is 2. The largest absolute Gasteiger partial charge is 0.506 e. The molecule has 2 aromatic rings. The Morgan fingerprint density at radius 2 is 1.78 bits per heavy atom. The number of ether oxygens (including phenoxy) is 1. The highest BCUT2D eigenvalue weighted by Crippen LogP contribution is 2.25. The first-order chi connectivity index (χ1) is 13.0. The van der Waals surface area contributed by atoms with Crippen LogP contribution in [0, 0.1) is 11.7 Å². The zero-order valence-corrected chi connectivity index (χ0v) is 14.7. The number of piperidine rings is 1. The van der Waals surface area contributed by atoms with Crippen molar-refractivity contribution in [3.05, 3.63) is 54.3 Å². The number of aromatic hydroxyl groups is 1. The predicted octanol–water partition coefficient (Wildman–Crippen LogP) is 2.79. The number of hydrogen-bond acceptors (Lipinski definition) is 4. The molecule has 3 rings (SSSR count). The second-order valence-electron chi connectivity index (χ2n) is 6.40.